The molecule has 1 aliphatic carbocycles. The summed E-state index contributed by atoms with van der Waals surface area (Å²) in [5, 5.41) is 3.33. The van der Waals surface area contributed by atoms with Crippen molar-refractivity contribution in [3.63, 3.8) is 0 Å². The lowest BCUT2D eigenvalue weighted by atomic mass is 9.83. The summed E-state index contributed by atoms with van der Waals surface area (Å²) >= 11 is 0. The van der Waals surface area contributed by atoms with E-state index in [2.05, 4.69) is 12.2 Å². The Morgan fingerprint density at radius 1 is 1.40 bits per heavy atom. The number of benzene rings is 1. The van der Waals surface area contributed by atoms with Crippen LogP contribution in [0.25, 0.3) is 0 Å². The molecular weight excluding hydrogens is 253 g/mol. The number of rotatable bonds is 8. The first kappa shape index (κ1) is 15.3. The van der Waals surface area contributed by atoms with Gasteiger partial charge < -0.3 is 10.1 Å². The van der Waals surface area contributed by atoms with Gasteiger partial charge in [-0.3, -0.25) is 0 Å². The monoisotopic (exact) mass is 279 g/mol. The average molecular weight is 279 g/mol. The largest absolute Gasteiger partial charge is 0.493 e. The van der Waals surface area contributed by atoms with Gasteiger partial charge in [-0.05, 0) is 44.4 Å². The van der Waals surface area contributed by atoms with Gasteiger partial charge in [-0.15, -0.1) is 0 Å². The Labute approximate surface area is 121 Å². The molecular formula is C17H26FNO. The van der Waals surface area contributed by atoms with Crippen LogP contribution in [0.2, 0.25) is 0 Å². The molecule has 1 aromatic carbocycles. The molecule has 0 radical (unpaired) electrons. The second kappa shape index (κ2) is 7.63. The molecule has 1 aromatic rings. The number of ether oxygens (including phenoxy) is 1. The Bertz CT molecular complexity index is 417. The highest BCUT2D eigenvalue weighted by atomic mass is 19.1. The van der Waals surface area contributed by atoms with Crippen molar-refractivity contribution in [3.05, 3.63) is 29.6 Å². The van der Waals surface area contributed by atoms with Crippen LogP contribution < -0.4 is 10.1 Å². The van der Waals surface area contributed by atoms with Gasteiger partial charge in [0, 0.05) is 11.6 Å². The van der Waals surface area contributed by atoms with Gasteiger partial charge in [0.05, 0.1) is 6.61 Å². The molecule has 20 heavy (non-hydrogen) atoms. The summed E-state index contributed by atoms with van der Waals surface area (Å²) in [6.07, 6.45) is 6.14. The third kappa shape index (κ3) is 3.95. The summed E-state index contributed by atoms with van der Waals surface area (Å²) in [5.41, 5.74) is 0.662. The van der Waals surface area contributed by atoms with E-state index < -0.39 is 0 Å². The number of halogens is 1. The van der Waals surface area contributed by atoms with Crippen molar-refractivity contribution >= 4 is 0 Å². The maximum absolute atomic E-state index is 14.1. The Morgan fingerprint density at radius 2 is 2.20 bits per heavy atom. The van der Waals surface area contributed by atoms with Crippen molar-refractivity contribution in [1.82, 2.24) is 5.32 Å². The summed E-state index contributed by atoms with van der Waals surface area (Å²) in [7, 11) is 0. The van der Waals surface area contributed by atoms with E-state index in [9.17, 15) is 4.39 Å². The lowest BCUT2D eigenvalue weighted by Gasteiger charge is -2.25. The van der Waals surface area contributed by atoms with Crippen molar-refractivity contribution in [2.24, 2.45) is 5.92 Å². The highest BCUT2D eigenvalue weighted by Gasteiger charge is 2.19. The van der Waals surface area contributed by atoms with E-state index in [0.29, 0.717) is 17.9 Å². The summed E-state index contributed by atoms with van der Waals surface area (Å²) in [5.74, 6) is 1.34. The summed E-state index contributed by atoms with van der Waals surface area (Å²) in [6.45, 7) is 5.68. The molecule has 1 aliphatic rings. The van der Waals surface area contributed by atoms with Crippen molar-refractivity contribution in [3.8, 4) is 5.75 Å². The lowest BCUT2D eigenvalue weighted by Crippen LogP contribution is -2.21. The molecule has 1 fully saturated rings. The van der Waals surface area contributed by atoms with Crippen LogP contribution in [0.15, 0.2) is 18.2 Å². The molecule has 2 nitrogen and oxygen atoms in total. The average Bonchev–Trinajstić information content (AvgIpc) is 2.39. The Kier molecular flexibility index (Phi) is 5.84. The SMILES string of the molecule is CCCNC(C)c1c(F)cccc1OCCC1CCC1. The van der Waals surface area contributed by atoms with Crippen LogP contribution in [0.3, 0.4) is 0 Å². The molecule has 0 amide bonds. The fourth-order valence-corrected chi connectivity index (χ4v) is 2.64. The van der Waals surface area contributed by atoms with Crippen LogP contribution in [0.5, 0.6) is 5.75 Å². The van der Waals surface area contributed by atoms with E-state index in [1.165, 1.54) is 25.3 Å². The van der Waals surface area contributed by atoms with Crippen molar-refractivity contribution in [2.45, 2.75) is 52.0 Å². The minimum atomic E-state index is -0.178. The second-order valence-electron chi connectivity index (χ2n) is 5.76. The third-order valence-corrected chi connectivity index (χ3v) is 4.15. The molecule has 2 rings (SSSR count). The molecule has 0 heterocycles. The van der Waals surface area contributed by atoms with E-state index in [1.54, 1.807) is 6.07 Å². The minimum absolute atomic E-state index is 0.0187. The number of nitrogens with one attached hydrogen (secondary N) is 1. The molecule has 0 aliphatic heterocycles. The van der Waals surface area contributed by atoms with Gasteiger partial charge in [0.1, 0.15) is 11.6 Å². The summed E-state index contributed by atoms with van der Waals surface area (Å²) in [4.78, 5) is 0. The summed E-state index contributed by atoms with van der Waals surface area (Å²) < 4.78 is 19.9. The standard InChI is InChI=1S/C17H26FNO/c1-3-11-19-13(2)17-15(18)8-5-9-16(17)20-12-10-14-6-4-7-14/h5,8-9,13-14,19H,3-4,6-7,10-12H2,1-2H3. The van der Waals surface area contributed by atoms with E-state index in [0.717, 1.165) is 25.3 Å². The van der Waals surface area contributed by atoms with Crippen LogP contribution in [0.1, 0.15) is 57.6 Å². The molecule has 0 bridgehead atoms. The van der Waals surface area contributed by atoms with Crippen LogP contribution in [0, 0.1) is 11.7 Å². The van der Waals surface area contributed by atoms with E-state index in [1.807, 2.05) is 13.0 Å². The first-order valence-corrected chi connectivity index (χ1v) is 7.87. The van der Waals surface area contributed by atoms with Crippen LogP contribution in [-0.4, -0.2) is 13.2 Å². The van der Waals surface area contributed by atoms with Crippen molar-refractivity contribution in [1.29, 1.82) is 0 Å². The smallest absolute Gasteiger partial charge is 0.131 e. The Balaban J connectivity index is 1.96. The van der Waals surface area contributed by atoms with Crippen LogP contribution in [0.4, 0.5) is 4.39 Å². The third-order valence-electron chi connectivity index (χ3n) is 4.15. The van der Waals surface area contributed by atoms with Gasteiger partial charge >= 0.3 is 0 Å². The van der Waals surface area contributed by atoms with Gasteiger partial charge in [0.25, 0.3) is 0 Å². The fraction of sp³-hybridized carbons (Fsp3) is 0.647. The van der Waals surface area contributed by atoms with Crippen LogP contribution >= 0.6 is 0 Å². The fourth-order valence-electron chi connectivity index (χ4n) is 2.64. The Morgan fingerprint density at radius 3 is 2.85 bits per heavy atom. The topological polar surface area (TPSA) is 21.3 Å². The maximum atomic E-state index is 14.1. The zero-order valence-corrected chi connectivity index (χ0v) is 12.6. The van der Waals surface area contributed by atoms with Crippen molar-refractivity contribution < 1.29 is 9.13 Å². The molecule has 1 atom stereocenters. The molecule has 0 aromatic heterocycles. The summed E-state index contributed by atoms with van der Waals surface area (Å²) in [6, 6.07) is 5.10. The maximum Gasteiger partial charge on any atom is 0.131 e. The molecule has 1 saturated carbocycles. The Hall–Kier alpha value is -1.09. The molecule has 1 unspecified atom stereocenters. The molecule has 0 saturated heterocycles. The van der Waals surface area contributed by atoms with E-state index in [-0.39, 0.29) is 11.9 Å². The minimum Gasteiger partial charge on any atom is -0.493 e. The highest BCUT2D eigenvalue weighted by Crippen LogP contribution is 2.31. The van der Waals surface area contributed by atoms with E-state index in [4.69, 9.17) is 4.74 Å². The van der Waals surface area contributed by atoms with Gasteiger partial charge in [-0.2, -0.15) is 0 Å². The quantitative estimate of drug-likeness (QED) is 0.759. The second-order valence-corrected chi connectivity index (χ2v) is 5.76. The zero-order valence-electron chi connectivity index (χ0n) is 12.6. The molecule has 112 valence electrons. The lowest BCUT2D eigenvalue weighted by molar-refractivity contribution is 0.219. The highest BCUT2D eigenvalue weighted by molar-refractivity contribution is 5.37. The van der Waals surface area contributed by atoms with Gasteiger partial charge in [-0.25, -0.2) is 4.39 Å². The predicted molar refractivity (Wildman–Crippen MR) is 80.6 cm³/mol. The number of hydrogen-bond donors (Lipinski definition) is 1. The van der Waals surface area contributed by atoms with Crippen LogP contribution in [-0.2, 0) is 0 Å². The molecule has 3 heteroatoms. The predicted octanol–water partition coefficient (Wildman–Crippen LogP) is 4.46. The number of hydrogen-bond acceptors (Lipinski definition) is 2. The van der Waals surface area contributed by atoms with Crippen molar-refractivity contribution in [2.75, 3.05) is 13.2 Å². The van der Waals surface area contributed by atoms with E-state index >= 15 is 0 Å². The zero-order chi connectivity index (χ0) is 14.4. The van der Waals surface area contributed by atoms with Gasteiger partial charge in [-0.1, -0.05) is 32.3 Å². The van der Waals surface area contributed by atoms with Gasteiger partial charge in [0.2, 0.25) is 0 Å². The first-order chi connectivity index (χ1) is 9.72. The first-order valence-electron chi connectivity index (χ1n) is 7.87. The normalized spacial score (nSPS) is 16.8. The molecule has 1 N–H and O–H groups in total. The van der Waals surface area contributed by atoms with Gasteiger partial charge in [0.15, 0.2) is 0 Å². The molecule has 0 spiro atoms.